The number of nitrogen functional groups attached to an aromatic ring is 1. The van der Waals surface area contributed by atoms with Crippen LogP contribution in [0.5, 0.6) is 0 Å². The predicted molar refractivity (Wildman–Crippen MR) is 111 cm³/mol. The number of aromatic nitrogens is 3. The van der Waals surface area contributed by atoms with Gasteiger partial charge in [0, 0.05) is 47.9 Å². The number of nitrogens with zero attached hydrogens (tertiary/aromatic N) is 4. The number of anilines is 2. The van der Waals surface area contributed by atoms with Crippen molar-refractivity contribution in [1.29, 1.82) is 0 Å². The van der Waals surface area contributed by atoms with E-state index in [-0.39, 0.29) is 17.8 Å². The molecule has 8 heteroatoms. The maximum atomic E-state index is 15.0. The molecule has 6 nitrogen and oxygen atoms in total. The first kappa shape index (κ1) is 19.5. The van der Waals surface area contributed by atoms with Crippen LogP contribution in [0.2, 0.25) is 5.02 Å². The molecule has 1 saturated heterocycles. The van der Waals surface area contributed by atoms with E-state index in [0.717, 1.165) is 17.7 Å². The highest BCUT2D eigenvalue weighted by molar-refractivity contribution is 6.31. The van der Waals surface area contributed by atoms with E-state index in [0.29, 0.717) is 41.7 Å². The number of benzene rings is 1. The van der Waals surface area contributed by atoms with Gasteiger partial charge in [-0.15, -0.1) is 0 Å². The third kappa shape index (κ3) is 4.16. The molecule has 0 bridgehead atoms. The van der Waals surface area contributed by atoms with Crippen LogP contribution in [0, 0.1) is 12.7 Å². The molecule has 150 valence electrons. The maximum absolute atomic E-state index is 15.0. The molecule has 1 fully saturated rings. The smallest absolute Gasteiger partial charge is 0.222 e. The van der Waals surface area contributed by atoms with Gasteiger partial charge in [-0.05, 0) is 48.7 Å². The zero-order valence-corrected chi connectivity index (χ0v) is 16.7. The van der Waals surface area contributed by atoms with Crippen LogP contribution in [-0.4, -0.2) is 34.7 Å². The molecule has 0 radical (unpaired) electrons. The van der Waals surface area contributed by atoms with Crippen LogP contribution in [0.1, 0.15) is 23.7 Å². The van der Waals surface area contributed by atoms with Crippen molar-refractivity contribution >= 4 is 23.4 Å². The normalized spacial score (nSPS) is 17.2. The lowest BCUT2D eigenvalue weighted by atomic mass is 9.99. The van der Waals surface area contributed by atoms with E-state index in [1.165, 1.54) is 6.07 Å². The first-order valence-corrected chi connectivity index (χ1v) is 9.75. The van der Waals surface area contributed by atoms with Gasteiger partial charge in [0.05, 0.1) is 12.6 Å². The van der Waals surface area contributed by atoms with Crippen molar-refractivity contribution < 1.29 is 9.13 Å². The molecule has 3 aromatic rings. The summed E-state index contributed by atoms with van der Waals surface area (Å²) in [5, 5.41) is 0.470. The molecule has 1 atom stereocenters. The van der Waals surface area contributed by atoms with Crippen LogP contribution in [-0.2, 0) is 4.74 Å². The fourth-order valence-electron chi connectivity index (χ4n) is 3.60. The monoisotopic (exact) mass is 413 g/mol. The number of hydrogen-bond donors (Lipinski definition) is 1. The fourth-order valence-corrected chi connectivity index (χ4v) is 3.89. The average molecular weight is 414 g/mol. The number of nitrogens with two attached hydrogens (primary N) is 1. The molecule has 4 rings (SSSR count). The Morgan fingerprint density at radius 2 is 2.00 bits per heavy atom. The molecule has 29 heavy (non-hydrogen) atoms. The molecule has 1 aromatic carbocycles. The lowest BCUT2D eigenvalue weighted by Crippen LogP contribution is -2.32. The van der Waals surface area contributed by atoms with Crippen molar-refractivity contribution in [3.05, 3.63) is 64.8 Å². The molecule has 0 aliphatic carbocycles. The van der Waals surface area contributed by atoms with E-state index in [2.05, 4.69) is 19.9 Å². The summed E-state index contributed by atoms with van der Waals surface area (Å²) in [6.07, 6.45) is 4.06. The molecule has 0 saturated carbocycles. The van der Waals surface area contributed by atoms with Crippen LogP contribution in [0.4, 0.5) is 16.2 Å². The van der Waals surface area contributed by atoms with Gasteiger partial charge in [0.1, 0.15) is 11.6 Å². The average Bonchev–Trinajstić information content (AvgIpc) is 2.95. The summed E-state index contributed by atoms with van der Waals surface area (Å²) in [6.45, 7) is 3.53. The van der Waals surface area contributed by atoms with Gasteiger partial charge in [-0.1, -0.05) is 11.6 Å². The molecule has 1 aliphatic heterocycles. The Morgan fingerprint density at radius 1 is 1.21 bits per heavy atom. The zero-order chi connectivity index (χ0) is 20.4. The third-order valence-corrected chi connectivity index (χ3v) is 5.26. The van der Waals surface area contributed by atoms with Gasteiger partial charge in [-0.2, -0.15) is 4.98 Å². The van der Waals surface area contributed by atoms with Gasteiger partial charge < -0.3 is 15.4 Å². The van der Waals surface area contributed by atoms with Gasteiger partial charge in [-0.3, -0.25) is 4.98 Å². The Bertz CT molecular complexity index is 997. The summed E-state index contributed by atoms with van der Waals surface area (Å²) < 4.78 is 20.8. The van der Waals surface area contributed by atoms with Crippen LogP contribution in [0.3, 0.4) is 0 Å². The minimum Gasteiger partial charge on any atom is -0.379 e. The summed E-state index contributed by atoms with van der Waals surface area (Å²) in [5.41, 5.74) is 8.43. The summed E-state index contributed by atoms with van der Waals surface area (Å²) in [4.78, 5) is 14.6. The second-order valence-electron chi connectivity index (χ2n) is 6.95. The topological polar surface area (TPSA) is 77.2 Å². The summed E-state index contributed by atoms with van der Waals surface area (Å²) in [5.74, 6) is 0.535. The minimum absolute atomic E-state index is 0.203. The highest BCUT2D eigenvalue weighted by atomic mass is 35.5. The van der Waals surface area contributed by atoms with Crippen molar-refractivity contribution in [3.8, 4) is 11.1 Å². The third-order valence-electron chi connectivity index (χ3n) is 4.93. The number of hydrogen-bond acceptors (Lipinski definition) is 6. The number of aryl methyl sites for hydroxylation is 1. The lowest BCUT2D eigenvalue weighted by molar-refractivity contribution is 0.134. The molecule has 3 heterocycles. The van der Waals surface area contributed by atoms with Crippen molar-refractivity contribution in [1.82, 2.24) is 15.0 Å². The standard InChI is InChI=1S/C21H21ClFN5O/c1-13-9-20(27-21(24)26-13)28-7-2-8-29-12-19(28)16-11-18(23)15(10-17(16)22)14-3-5-25-6-4-14/h3-6,9-11,19H,2,7-8,12H2,1H3,(H2,24,26,27). The fraction of sp³-hybridized carbons (Fsp3) is 0.286. The number of halogens is 2. The number of pyridine rings is 1. The molecular formula is C21H21ClFN5O. The van der Waals surface area contributed by atoms with Crippen molar-refractivity contribution in [2.24, 2.45) is 0 Å². The lowest BCUT2D eigenvalue weighted by Gasteiger charge is -2.31. The zero-order valence-electron chi connectivity index (χ0n) is 16.0. The van der Waals surface area contributed by atoms with E-state index < -0.39 is 0 Å². The van der Waals surface area contributed by atoms with Crippen molar-refractivity contribution in [2.45, 2.75) is 19.4 Å². The Balaban J connectivity index is 1.77. The molecule has 0 spiro atoms. The van der Waals surface area contributed by atoms with Crippen molar-refractivity contribution in [3.63, 3.8) is 0 Å². The van der Waals surface area contributed by atoms with Gasteiger partial charge >= 0.3 is 0 Å². The Labute approximate surface area is 173 Å². The van der Waals surface area contributed by atoms with Gasteiger partial charge in [0.25, 0.3) is 0 Å². The summed E-state index contributed by atoms with van der Waals surface area (Å²) in [6, 6.07) is 8.22. The summed E-state index contributed by atoms with van der Waals surface area (Å²) >= 11 is 6.63. The van der Waals surface area contributed by atoms with Gasteiger partial charge in [-0.25, -0.2) is 9.37 Å². The maximum Gasteiger partial charge on any atom is 0.222 e. The Hall–Kier alpha value is -2.77. The molecule has 2 N–H and O–H groups in total. The second kappa shape index (κ2) is 8.31. The number of ether oxygens (including phenoxy) is 1. The first-order valence-electron chi connectivity index (χ1n) is 9.38. The molecule has 2 aromatic heterocycles. The Kier molecular flexibility index (Phi) is 5.60. The van der Waals surface area contributed by atoms with E-state index in [1.807, 2.05) is 13.0 Å². The first-order chi connectivity index (χ1) is 14.0. The van der Waals surface area contributed by atoms with Crippen LogP contribution >= 0.6 is 11.6 Å². The molecule has 1 unspecified atom stereocenters. The minimum atomic E-state index is -0.349. The molecular weight excluding hydrogens is 393 g/mol. The molecule has 1 aliphatic rings. The van der Waals surface area contributed by atoms with E-state index in [9.17, 15) is 0 Å². The molecule has 0 amide bonds. The van der Waals surface area contributed by atoms with Gasteiger partial charge in [0.15, 0.2) is 0 Å². The Morgan fingerprint density at radius 3 is 2.76 bits per heavy atom. The van der Waals surface area contributed by atoms with Crippen LogP contribution in [0.25, 0.3) is 11.1 Å². The summed E-state index contributed by atoms with van der Waals surface area (Å²) in [7, 11) is 0. The van der Waals surface area contributed by atoms with Gasteiger partial charge in [0.2, 0.25) is 5.95 Å². The van der Waals surface area contributed by atoms with E-state index in [1.54, 1.807) is 30.6 Å². The van der Waals surface area contributed by atoms with E-state index >= 15 is 4.39 Å². The quantitative estimate of drug-likeness (QED) is 0.693. The highest BCUT2D eigenvalue weighted by Crippen LogP contribution is 2.36. The predicted octanol–water partition coefficient (Wildman–Crippen LogP) is 4.19. The van der Waals surface area contributed by atoms with E-state index in [4.69, 9.17) is 22.1 Å². The second-order valence-corrected chi connectivity index (χ2v) is 7.36. The largest absolute Gasteiger partial charge is 0.379 e. The SMILES string of the molecule is Cc1cc(N2CCCOCC2c2cc(F)c(-c3ccncc3)cc2Cl)nc(N)n1. The van der Waals surface area contributed by atoms with Crippen LogP contribution in [0.15, 0.2) is 42.7 Å². The number of rotatable bonds is 3. The van der Waals surface area contributed by atoms with Crippen molar-refractivity contribution in [2.75, 3.05) is 30.4 Å². The highest BCUT2D eigenvalue weighted by Gasteiger charge is 2.28. The van der Waals surface area contributed by atoms with Crippen LogP contribution < -0.4 is 10.6 Å².